The molecule has 3 rings (SSSR count). The van der Waals surface area contributed by atoms with Crippen molar-refractivity contribution in [2.45, 2.75) is 69.4 Å². The highest BCUT2D eigenvalue weighted by molar-refractivity contribution is 7.99. The molecule has 1 saturated heterocycles. The third kappa shape index (κ3) is 6.85. The second kappa shape index (κ2) is 11.6. The lowest BCUT2D eigenvalue weighted by Crippen LogP contribution is -2.61. The van der Waals surface area contributed by atoms with Crippen LogP contribution < -0.4 is 5.63 Å². The molecule has 0 bridgehead atoms. The van der Waals surface area contributed by atoms with Crippen LogP contribution in [0.2, 0.25) is 0 Å². The molecule has 2 heterocycles. The first kappa shape index (κ1) is 27.2. The Kier molecular flexibility index (Phi) is 8.75. The first-order chi connectivity index (χ1) is 16.9. The summed E-state index contributed by atoms with van der Waals surface area (Å²) in [5, 5.41) is 0.737. The van der Waals surface area contributed by atoms with Gasteiger partial charge in [-0.15, -0.1) is 0 Å². The zero-order valence-corrected chi connectivity index (χ0v) is 21.1. The second-order valence-electron chi connectivity index (χ2n) is 8.09. The Morgan fingerprint density at radius 2 is 1.47 bits per heavy atom. The van der Waals surface area contributed by atoms with Crippen molar-refractivity contribution in [1.82, 2.24) is 0 Å². The largest absolute Gasteiger partial charge is 0.463 e. The van der Waals surface area contributed by atoms with Crippen molar-refractivity contribution in [2.75, 3.05) is 6.61 Å². The van der Waals surface area contributed by atoms with Crippen LogP contribution >= 0.6 is 11.8 Å². The van der Waals surface area contributed by atoms with Gasteiger partial charge in [0.2, 0.25) is 0 Å². The van der Waals surface area contributed by atoms with Gasteiger partial charge in [-0.3, -0.25) is 19.2 Å². The molecule has 0 spiro atoms. The number of carbonyl (C=O) groups excluding carboxylic acids is 4. The molecule has 0 radical (unpaired) electrons. The van der Waals surface area contributed by atoms with Crippen LogP contribution in [0, 0.1) is 6.92 Å². The predicted molar refractivity (Wildman–Crippen MR) is 125 cm³/mol. The van der Waals surface area contributed by atoms with Crippen LogP contribution in [0.3, 0.4) is 0 Å². The Morgan fingerprint density at radius 3 is 2.08 bits per heavy atom. The lowest BCUT2D eigenvalue weighted by Gasteiger charge is -2.44. The standard InChI is InChI=1S/C24H26O11S/c1-11-8-20(29)34-18-9-16(6-7-17(11)18)36-24-23(33-15(5)28)22(32-14(4)27)21(31-13(3)26)19(35-24)10-30-12(2)25/h6-9,19,21-24H,10H2,1-5H3/t19-,21+,22+,23-,24+/m1/s1. The van der Waals surface area contributed by atoms with Crippen LogP contribution in [0.15, 0.2) is 38.4 Å². The van der Waals surface area contributed by atoms with Crippen LogP contribution in [0.1, 0.15) is 33.3 Å². The maximum absolute atomic E-state index is 12.0. The van der Waals surface area contributed by atoms with E-state index in [1.807, 2.05) is 0 Å². The first-order valence-electron chi connectivity index (χ1n) is 11.0. The highest BCUT2D eigenvalue weighted by atomic mass is 32.2. The highest BCUT2D eigenvalue weighted by Gasteiger charge is 2.52. The molecule has 36 heavy (non-hydrogen) atoms. The van der Waals surface area contributed by atoms with Crippen LogP contribution in [0.25, 0.3) is 11.0 Å². The van der Waals surface area contributed by atoms with Crippen molar-refractivity contribution >= 4 is 46.6 Å². The van der Waals surface area contributed by atoms with Gasteiger partial charge in [0.05, 0.1) is 0 Å². The average molecular weight is 523 g/mol. The molecule has 0 saturated carbocycles. The molecule has 11 nitrogen and oxygen atoms in total. The summed E-state index contributed by atoms with van der Waals surface area (Å²) < 4.78 is 32.7. The number of fused-ring (bicyclic) bond motifs is 1. The van der Waals surface area contributed by atoms with E-state index >= 15 is 0 Å². The quantitative estimate of drug-likeness (QED) is 0.299. The lowest BCUT2D eigenvalue weighted by atomic mass is 9.99. The van der Waals surface area contributed by atoms with Gasteiger partial charge in [0.1, 0.15) is 23.7 Å². The molecule has 1 fully saturated rings. The summed E-state index contributed by atoms with van der Waals surface area (Å²) in [6.07, 6.45) is -4.74. The number of ether oxygens (including phenoxy) is 5. The minimum Gasteiger partial charge on any atom is -0.463 e. The van der Waals surface area contributed by atoms with Crippen molar-refractivity contribution in [1.29, 1.82) is 0 Å². The van der Waals surface area contributed by atoms with Gasteiger partial charge < -0.3 is 28.1 Å². The normalized spacial score (nSPS) is 23.5. The Hall–Kier alpha value is -3.38. The molecule has 0 aliphatic carbocycles. The summed E-state index contributed by atoms with van der Waals surface area (Å²) in [5.41, 5.74) is -0.408. The summed E-state index contributed by atoms with van der Waals surface area (Å²) in [4.78, 5) is 59.6. The SMILES string of the molecule is CC(=O)OC[C@H]1O[C@@H](Sc2ccc3c(C)cc(=O)oc3c2)[C@H](OC(C)=O)[C@@H](OC(C)=O)[C@H]1OC(C)=O. The zero-order valence-electron chi connectivity index (χ0n) is 20.3. The summed E-state index contributed by atoms with van der Waals surface area (Å²) >= 11 is 1.10. The molecule has 12 heteroatoms. The van der Waals surface area contributed by atoms with Crippen LogP contribution in [-0.2, 0) is 42.9 Å². The molecule has 1 aliphatic rings. The van der Waals surface area contributed by atoms with E-state index in [-0.39, 0.29) is 6.61 Å². The second-order valence-corrected chi connectivity index (χ2v) is 9.26. The number of rotatable bonds is 7. The van der Waals surface area contributed by atoms with E-state index in [1.54, 1.807) is 25.1 Å². The fourth-order valence-corrected chi connectivity index (χ4v) is 4.93. The number of thioether (sulfide) groups is 1. The molecular formula is C24H26O11S. The van der Waals surface area contributed by atoms with Crippen molar-refractivity contribution in [3.63, 3.8) is 0 Å². The van der Waals surface area contributed by atoms with Crippen molar-refractivity contribution in [2.24, 2.45) is 0 Å². The molecule has 0 unspecified atom stereocenters. The zero-order chi connectivity index (χ0) is 26.6. The Labute approximate surface area is 210 Å². The average Bonchev–Trinajstić information content (AvgIpc) is 2.75. The number of esters is 4. The van der Waals surface area contributed by atoms with Crippen LogP contribution in [-0.4, -0.2) is 60.3 Å². The Bertz CT molecular complexity index is 1220. The van der Waals surface area contributed by atoms with E-state index in [0.29, 0.717) is 10.5 Å². The summed E-state index contributed by atoms with van der Waals surface area (Å²) in [5.74, 6) is -2.71. The molecule has 1 aliphatic heterocycles. The number of hydrogen-bond acceptors (Lipinski definition) is 12. The van der Waals surface area contributed by atoms with Gasteiger partial charge in [-0.1, -0.05) is 11.8 Å². The van der Waals surface area contributed by atoms with Gasteiger partial charge in [-0.2, -0.15) is 0 Å². The van der Waals surface area contributed by atoms with E-state index in [0.717, 1.165) is 36.6 Å². The van der Waals surface area contributed by atoms with E-state index in [9.17, 15) is 24.0 Å². The molecule has 5 atom stereocenters. The van der Waals surface area contributed by atoms with Crippen molar-refractivity contribution < 1.29 is 47.3 Å². The highest BCUT2D eigenvalue weighted by Crippen LogP contribution is 2.38. The smallest absolute Gasteiger partial charge is 0.336 e. The van der Waals surface area contributed by atoms with Gasteiger partial charge >= 0.3 is 29.5 Å². The van der Waals surface area contributed by atoms with Gasteiger partial charge in [-0.05, 0) is 30.7 Å². The Morgan fingerprint density at radius 1 is 0.861 bits per heavy atom. The number of aryl methyl sites for hydroxylation is 1. The third-order valence-corrected chi connectivity index (χ3v) is 6.26. The van der Waals surface area contributed by atoms with Gasteiger partial charge in [0, 0.05) is 44.0 Å². The van der Waals surface area contributed by atoms with Gasteiger partial charge in [0.25, 0.3) is 0 Å². The van der Waals surface area contributed by atoms with Crippen LogP contribution in [0.4, 0.5) is 0 Å². The third-order valence-electron chi connectivity index (χ3n) is 5.12. The molecule has 0 N–H and O–H groups in total. The van der Waals surface area contributed by atoms with Crippen LogP contribution in [0.5, 0.6) is 0 Å². The maximum Gasteiger partial charge on any atom is 0.336 e. The maximum atomic E-state index is 12.0. The fourth-order valence-electron chi connectivity index (χ4n) is 3.80. The van der Waals surface area contributed by atoms with E-state index in [2.05, 4.69) is 0 Å². The summed E-state index contributed by atoms with van der Waals surface area (Å²) in [6.45, 7) is 6.15. The molecule has 1 aromatic heterocycles. The van der Waals surface area contributed by atoms with E-state index < -0.39 is 59.4 Å². The van der Waals surface area contributed by atoms with Gasteiger partial charge in [-0.25, -0.2) is 4.79 Å². The lowest BCUT2D eigenvalue weighted by molar-refractivity contribution is -0.237. The van der Waals surface area contributed by atoms with E-state index in [4.69, 9.17) is 28.1 Å². The van der Waals surface area contributed by atoms with E-state index in [1.165, 1.54) is 19.9 Å². The summed E-state index contributed by atoms with van der Waals surface area (Å²) in [6, 6.07) is 6.53. The monoisotopic (exact) mass is 522 g/mol. The minimum atomic E-state index is -1.26. The Balaban J connectivity index is 2.02. The first-order valence-corrected chi connectivity index (χ1v) is 11.8. The topological polar surface area (TPSA) is 145 Å². The molecule has 194 valence electrons. The molecule has 0 amide bonds. The minimum absolute atomic E-state index is 0.319. The fraction of sp³-hybridized carbons (Fsp3) is 0.458. The van der Waals surface area contributed by atoms with Gasteiger partial charge in [0.15, 0.2) is 18.3 Å². The summed E-state index contributed by atoms with van der Waals surface area (Å²) in [7, 11) is 0. The number of carbonyl (C=O) groups is 4. The molecule has 2 aromatic rings. The number of hydrogen-bond donors (Lipinski definition) is 0. The molecule has 1 aromatic carbocycles. The molecular weight excluding hydrogens is 496 g/mol. The number of benzene rings is 1. The predicted octanol–water partition coefficient (Wildman–Crippen LogP) is 2.28. The van der Waals surface area contributed by atoms with Crippen molar-refractivity contribution in [3.05, 3.63) is 40.2 Å². The van der Waals surface area contributed by atoms with Crippen molar-refractivity contribution in [3.8, 4) is 0 Å².